The normalized spacial score (nSPS) is 22.7. The lowest BCUT2D eigenvalue weighted by atomic mass is 9.93. The van der Waals surface area contributed by atoms with E-state index in [1.165, 1.54) is 25.9 Å². The van der Waals surface area contributed by atoms with E-state index >= 15 is 0 Å². The predicted molar refractivity (Wildman–Crippen MR) is 78.9 cm³/mol. The van der Waals surface area contributed by atoms with Crippen LogP contribution in [-0.4, -0.2) is 65.9 Å². The van der Waals surface area contributed by atoms with Gasteiger partial charge in [0.25, 0.3) is 0 Å². The molecule has 0 unspecified atom stereocenters. The Kier molecular flexibility index (Phi) is 5.22. The number of hydrogen-bond acceptors (Lipinski definition) is 6. The van der Waals surface area contributed by atoms with E-state index in [0.29, 0.717) is 5.92 Å². The summed E-state index contributed by atoms with van der Waals surface area (Å²) in [5.41, 5.74) is 0. The van der Waals surface area contributed by atoms with Gasteiger partial charge in [-0.25, -0.2) is 0 Å². The van der Waals surface area contributed by atoms with E-state index in [4.69, 9.17) is 9.26 Å². The van der Waals surface area contributed by atoms with Crippen LogP contribution in [0.1, 0.15) is 31.5 Å². The Bertz CT molecular complexity index is 423. The average molecular weight is 294 g/mol. The van der Waals surface area contributed by atoms with Gasteiger partial charge in [-0.15, -0.1) is 0 Å². The first-order valence-corrected chi connectivity index (χ1v) is 8.17. The number of morpholine rings is 1. The second-order valence-electron chi connectivity index (χ2n) is 6.07. The minimum atomic E-state index is 0.699. The molecule has 0 aromatic carbocycles. The lowest BCUT2D eigenvalue weighted by Gasteiger charge is -2.30. The fourth-order valence-electron chi connectivity index (χ4n) is 3.15. The van der Waals surface area contributed by atoms with Gasteiger partial charge in [-0.05, 0) is 38.4 Å². The van der Waals surface area contributed by atoms with E-state index in [9.17, 15) is 0 Å². The predicted octanol–water partition coefficient (Wildman–Crippen LogP) is 1.18. The summed E-state index contributed by atoms with van der Waals surface area (Å²) in [6, 6.07) is 0. The van der Waals surface area contributed by atoms with E-state index in [-0.39, 0.29) is 0 Å². The van der Waals surface area contributed by atoms with E-state index in [2.05, 4.69) is 26.9 Å². The first-order valence-electron chi connectivity index (χ1n) is 8.17. The molecule has 0 aliphatic carbocycles. The third-order valence-corrected chi connectivity index (χ3v) is 4.60. The molecular formula is C15H26N4O2. The van der Waals surface area contributed by atoms with Crippen molar-refractivity contribution < 1.29 is 9.26 Å². The second kappa shape index (κ2) is 7.33. The van der Waals surface area contributed by atoms with Crippen LogP contribution in [0.2, 0.25) is 0 Å². The molecule has 118 valence electrons. The third-order valence-electron chi connectivity index (χ3n) is 4.60. The molecule has 0 saturated carbocycles. The van der Waals surface area contributed by atoms with Gasteiger partial charge in [0.05, 0.1) is 19.8 Å². The largest absolute Gasteiger partial charge is 0.379 e. The monoisotopic (exact) mass is 294 g/mol. The second-order valence-corrected chi connectivity index (χ2v) is 6.07. The molecule has 0 radical (unpaired) electrons. The van der Waals surface area contributed by atoms with Crippen molar-refractivity contribution in [2.24, 2.45) is 5.92 Å². The molecule has 1 aromatic heterocycles. The molecule has 2 fully saturated rings. The molecule has 0 bridgehead atoms. The maximum Gasteiger partial charge on any atom is 0.226 e. The quantitative estimate of drug-likeness (QED) is 0.813. The number of rotatable bonds is 5. The Morgan fingerprint density at radius 1 is 1.10 bits per heavy atom. The van der Waals surface area contributed by atoms with E-state index < -0.39 is 0 Å². The zero-order valence-corrected chi connectivity index (χ0v) is 13.0. The highest BCUT2D eigenvalue weighted by Crippen LogP contribution is 2.21. The zero-order chi connectivity index (χ0) is 14.5. The molecule has 21 heavy (non-hydrogen) atoms. The van der Waals surface area contributed by atoms with Crippen molar-refractivity contribution in [1.82, 2.24) is 19.9 Å². The fourth-order valence-corrected chi connectivity index (χ4v) is 3.15. The smallest absolute Gasteiger partial charge is 0.226 e. The Balaban J connectivity index is 1.46. The fraction of sp³-hybridized carbons (Fsp3) is 0.867. The molecule has 2 saturated heterocycles. The van der Waals surface area contributed by atoms with Gasteiger partial charge in [0.2, 0.25) is 5.89 Å². The number of ether oxygens (including phenoxy) is 1. The van der Waals surface area contributed by atoms with E-state index in [1.54, 1.807) is 0 Å². The van der Waals surface area contributed by atoms with Crippen molar-refractivity contribution >= 4 is 0 Å². The van der Waals surface area contributed by atoms with Gasteiger partial charge in [0.15, 0.2) is 5.82 Å². The van der Waals surface area contributed by atoms with Crippen molar-refractivity contribution in [3.8, 4) is 0 Å². The maximum absolute atomic E-state index is 5.43. The molecule has 6 heteroatoms. The summed E-state index contributed by atoms with van der Waals surface area (Å²) in [5, 5.41) is 4.13. The number of likely N-dealkylation sites (tertiary alicyclic amines) is 1. The summed E-state index contributed by atoms with van der Waals surface area (Å²) in [6.45, 7) is 10.1. The minimum Gasteiger partial charge on any atom is -0.379 e. The molecular weight excluding hydrogens is 268 g/mol. The van der Waals surface area contributed by atoms with Gasteiger partial charge in [0, 0.05) is 19.5 Å². The number of piperidine rings is 1. The Morgan fingerprint density at radius 2 is 1.86 bits per heavy atom. The summed E-state index contributed by atoms with van der Waals surface area (Å²) in [5.74, 6) is 2.33. The average Bonchev–Trinajstić information content (AvgIpc) is 2.96. The summed E-state index contributed by atoms with van der Waals surface area (Å²) in [7, 11) is 0. The van der Waals surface area contributed by atoms with Crippen LogP contribution in [0.3, 0.4) is 0 Å². The highest BCUT2D eigenvalue weighted by Gasteiger charge is 2.21. The summed E-state index contributed by atoms with van der Waals surface area (Å²) in [4.78, 5) is 9.39. The molecule has 0 atom stereocenters. The summed E-state index contributed by atoms with van der Waals surface area (Å²) < 4.78 is 10.8. The Morgan fingerprint density at radius 3 is 2.57 bits per heavy atom. The molecule has 0 amide bonds. The van der Waals surface area contributed by atoms with Gasteiger partial charge < -0.3 is 14.2 Å². The van der Waals surface area contributed by atoms with Crippen LogP contribution in [0.15, 0.2) is 4.52 Å². The minimum absolute atomic E-state index is 0.699. The van der Waals surface area contributed by atoms with E-state index in [0.717, 1.165) is 57.5 Å². The van der Waals surface area contributed by atoms with Gasteiger partial charge >= 0.3 is 0 Å². The van der Waals surface area contributed by atoms with Crippen LogP contribution in [-0.2, 0) is 17.7 Å². The standard InChI is InChI=1S/C15H26N4O2/c1-2-18-5-3-13(4-6-18)11-15-16-14(17-21-15)12-19-7-9-20-10-8-19/h13H,2-12H2,1H3. The molecule has 6 nitrogen and oxygen atoms in total. The Labute approximate surface area is 126 Å². The van der Waals surface area contributed by atoms with Crippen molar-refractivity contribution in [2.75, 3.05) is 45.9 Å². The molecule has 2 aliphatic rings. The molecule has 1 aromatic rings. The van der Waals surface area contributed by atoms with Gasteiger partial charge in [-0.2, -0.15) is 4.98 Å². The van der Waals surface area contributed by atoms with Crippen LogP contribution < -0.4 is 0 Å². The van der Waals surface area contributed by atoms with Crippen LogP contribution in [0.5, 0.6) is 0 Å². The van der Waals surface area contributed by atoms with Crippen molar-refractivity contribution in [2.45, 2.75) is 32.7 Å². The molecule has 3 heterocycles. The van der Waals surface area contributed by atoms with Gasteiger partial charge in [-0.3, -0.25) is 4.90 Å². The van der Waals surface area contributed by atoms with Crippen molar-refractivity contribution in [3.05, 3.63) is 11.7 Å². The van der Waals surface area contributed by atoms with Crippen molar-refractivity contribution in [3.63, 3.8) is 0 Å². The van der Waals surface area contributed by atoms with Crippen LogP contribution >= 0.6 is 0 Å². The van der Waals surface area contributed by atoms with Crippen molar-refractivity contribution in [1.29, 1.82) is 0 Å². The lowest BCUT2D eigenvalue weighted by molar-refractivity contribution is 0.0327. The molecule has 0 spiro atoms. The van der Waals surface area contributed by atoms with Gasteiger partial charge in [0.1, 0.15) is 0 Å². The zero-order valence-electron chi connectivity index (χ0n) is 13.0. The molecule has 3 rings (SSSR count). The third kappa shape index (κ3) is 4.25. The van der Waals surface area contributed by atoms with Crippen LogP contribution in [0.4, 0.5) is 0 Å². The molecule has 2 aliphatic heterocycles. The number of nitrogens with zero attached hydrogens (tertiary/aromatic N) is 4. The van der Waals surface area contributed by atoms with Crippen LogP contribution in [0, 0.1) is 5.92 Å². The van der Waals surface area contributed by atoms with E-state index in [1.807, 2.05) is 0 Å². The first-order chi connectivity index (χ1) is 10.3. The topological polar surface area (TPSA) is 54.6 Å². The number of hydrogen-bond donors (Lipinski definition) is 0. The van der Waals surface area contributed by atoms with Gasteiger partial charge in [-0.1, -0.05) is 12.1 Å². The lowest BCUT2D eigenvalue weighted by Crippen LogP contribution is -2.36. The SMILES string of the molecule is CCN1CCC(Cc2nc(CN3CCOCC3)no2)CC1. The maximum atomic E-state index is 5.43. The first kappa shape index (κ1) is 14.9. The summed E-state index contributed by atoms with van der Waals surface area (Å²) in [6.07, 6.45) is 3.43. The highest BCUT2D eigenvalue weighted by atomic mass is 16.5. The molecule has 0 N–H and O–H groups in total. The number of aromatic nitrogens is 2. The summed E-state index contributed by atoms with van der Waals surface area (Å²) >= 11 is 0. The van der Waals surface area contributed by atoms with Crippen LogP contribution in [0.25, 0.3) is 0 Å². The Hall–Kier alpha value is -0.980. The highest BCUT2D eigenvalue weighted by molar-refractivity contribution is 4.89.